The van der Waals surface area contributed by atoms with Crippen LogP contribution >= 0.6 is 8.20 Å². The van der Waals surface area contributed by atoms with Crippen molar-refractivity contribution in [3.8, 4) is 0 Å². The Morgan fingerprint density at radius 2 is 1.54 bits per heavy atom. The summed E-state index contributed by atoms with van der Waals surface area (Å²) in [6, 6.07) is 0. The summed E-state index contributed by atoms with van der Waals surface area (Å²) in [6.07, 6.45) is 3.73. The van der Waals surface area contributed by atoms with Crippen LogP contribution in [0, 0.1) is 0 Å². The molecule has 0 N–H and O–H groups in total. The maximum atomic E-state index is 5.51. The first kappa shape index (κ1) is 13.1. The van der Waals surface area contributed by atoms with Gasteiger partial charge in [-0.25, -0.2) is 0 Å². The summed E-state index contributed by atoms with van der Waals surface area (Å²) < 4.78 is 5.51. The van der Waals surface area contributed by atoms with E-state index in [1.165, 1.54) is 32.9 Å². The van der Waals surface area contributed by atoms with Crippen LogP contribution in [0.4, 0.5) is 0 Å². The molecule has 0 bridgehead atoms. The summed E-state index contributed by atoms with van der Waals surface area (Å²) in [6.45, 7) is 11.8. The van der Waals surface area contributed by atoms with Gasteiger partial charge in [0.1, 0.15) is 0 Å². The molecule has 13 heavy (non-hydrogen) atoms. The second-order valence-electron chi connectivity index (χ2n) is 3.35. The molecule has 1 nitrogen and oxygen atoms in total. The van der Waals surface area contributed by atoms with E-state index in [4.69, 9.17) is 4.74 Å². The van der Waals surface area contributed by atoms with Crippen LogP contribution < -0.4 is 0 Å². The number of rotatable bonds is 6. The predicted octanol–water partition coefficient (Wildman–Crippen LogP) is 4.09. The van der Waals surface area contributed by atoms with Gasteiger partial charge in [0.25, 0.3) is 0 Å². The second kappa shape index (κ2) is 6.56. The van der Waals surface area contributed by atoms with Crippen LogP contribution in [0.2, 0.25) is 0 Å². The highest BCUT2D eigenvalue weighted by Gasteiger charge is 2.21. The molecule has 0 heterocycles. The fourth-order valence-corrected chi connectivity index (χ4v) is 2.90. The Kier molecular flexibility index (Phi) is 6.63. The Hall–Kier alpha value is 0.130. The molecule has 0 unspecified atom stereocenters. The van der Waals surface area contributed by atoms with E-state index in [0.29, 0.717) is 5.16 Å². The highest BCUT2D eigenvalue weighted by Crippen LogP contribution is 2.36. The Morgan fingerprint density at radius 3 is 1.85 bits per heavy atom. The van der Waals surface area contributed by atoms with Crippen LogP contribution in [-0.4, -0.2) is 17.2 Å². The lowest BCUT2D eigenvalue weighted by Crippen LogP contribution is -2.19. The molecule has 0 aromatic carbocycles. The van der Waals surface area contributed by atoms with Gasteiger partial charge in [-0.05, 0) is 33.1 Å². The van der Waals surface area contributed by atoms with Gasteiger partial charge in [-0.3, -0.25) is 0 Å². The van der Waals surface area contributed by atoms with E-state index in [-0.39, 0.29) is 0 Å². The van der Waals surface area contributed by atoms with Crippen molar-refractivity contribution in [1.82, 2.24) is 0 Å². The summed E-state index contributed by atoms with van der Waals surface area (Å²) >= 11 is 0. The van der Waals surface area contributed by atoms with E-state index in [0.717, 1.165) is 6.61 Å². The molecule has 0 saturated heterocycles. The maximum absolute atomic E-state index is 5.51. The Balaban J connectivity index is 4.46. The molecule has 0 aromatic heterocycles. The van der Waals surface area contributed by atoms with Crippen molar-refractivity contribution < 1.29 is 4.74 Å². The summed E-state index contributed by atoms with van der Waals surface area (Å²) in [5, 5.41) is 0.458. The molecule has 0 aromatic rings. The maximum Gasteiger partial charge on any atom is 0.0720 e. The van der Waals surface area contributed by atoms with Gasteiger partial charge < -0.3 is 4.74 Å². The van der Waals surface area contributed by atoms with E-state index >= 15 is 0 Å². The number of hydrogen-bond donors (Lipinski definition) is 0. The molecule has 78 valence electrons. The molecule has 0 aliphatic heterocycles. The Morgan fingerprint density at radius 1 is 1.08 bits per heavy atom. The molecule has 0 rings (SSSR count). The van der Waals surface area contributed by atoms with Gasteiger partial charge in [0, 0.05) is 5.16 Å². The van der Waals surface area contributed by atoms with Crippen molar-refractivity contribution in [3.05, 3.63) is 0 Å². The third-order valence-electron chi connectivity index (χ3n) is 2.72. The van der Waals surface area contributed by atoms with Crippen molar-refractivity contribution in [2.75, 3.05) is 6.61 Å². The largest absolute Gasteiger partial charge is 0.347 e. The average Bonchev–Trinajstić information content (AvgIpc) is 2.15. The zero-order valence-corrected chi connectivity index (χ0v) is 10.6. The second-order valence-corrected chi connectivity index (χ2v) is 5.15. The highest BCUT2D eigenvalue weighted by molar-refractivity contribution is 7.41. The van der Waals surface area contributed by atoms with Gasteiger partial charge >= 0.3 is 0 Å². The van der Waals surface area contributed by atoms with E-state index in [1.807, 2.05) is 6.92 Å². The zero-order chi connectivity index (χ0) is 10.3. The fourth-order valence-electron chi connectivity index (χ4n) is 1.56. The molecule has 0 atom stereocenters. The van der Waals surface area contributed by atoms with Crippen molar-refractivity contribution >= 4 is 13.7 Å². The monoisotopic (exact) mass is 202 g/mol. The van der Waals surface area contributed by atoms with E-state index in [2.05, 4.69) is 27.7 Å². The van der Waals surface area contributed by atoms with Crippen molar-refractivity contribution in [1.29, 1.82) is 0 Å². The van der Waals surface area contributed by atoms with Gasteiger partial charge in [0.2, 0.25) is 0 Å². The zero-order valence-electron chi connectivity index (χ0n) is 9.68. The number of hydrogen-bond acceptors (Lipinski definition) is 1. The Bertz CT molecular complexity index is 151. The van der Waals surface area contributed by atoms with Gasteiger partial charge in [0.05, 0.1) is 12.1 Å². The fraction of sp³-hybridized carbons (Fsp3) is 0.909. The van der Waals surface area contributed by atoms with Crippen LogP contribution in [-0.2, 0) is 4.74 Å². The van der Waals surface area contributed by atoms with Crippen molar-refractivity contribution in [2.24, 2.45) is 0 Å². The van der Waals surface area contributed by atoms with E-state index in [9.17, 15) is 0 Å². The summed E-state index contributed by atoms with van der Waals surface area (Å²) in [5.74, 6) is 0. The molecule has 2 heteroatoms. The van der Waals surface area contributed by atoms with Crippen LogP contribution in [0.3, 0.4) is 0 Å². The van der Waals surface area contributed by atoms with Crippen LogP contribution in [0.25, 0.3) is 0 Å². The van der Waals surface area contributed by atoms with Crippen molar-refractivity contribution in [3.63, 3.8) is 0 Å². The molecule has 0 aliphatic rings. The minimum Gasteiger partial charge on any atom is -0.347 e. The van der Waals surface area contributed by atoms with Gasteiger partial charge in [-0.1, -0.05) is 29.0 Å². The molecule has 0 aliphatic carbocycles. The minimum absolute atomic E-state index is 0.458. The third kappa shape index (κ3) is 4.24. The smallest absolute Gasteiger partial charge is 0.0720 e. The van der Waals surface area contributed by atoms with E-state index in [1.54, 1.807) is 0 Å². The molecule has 0 saturated carbocycles. The topological polar surface area (TPSA) is 9.23 Å². The first-order valence-corrected chi connectivity index (χ1v) is 6.22. The average molecular weight is 202 g/mol. The lowest BCUT2D eigenvalue weighted by molar-refractivity contribution is 0.333. The van der Waals surface area contributed by atoms with Gasteiger partial charge in [-0.2, -0.15) is 0 Å². The lowest BCUT2D eigenvalue weighted by atomic mass is 9.99. The molecular weight excluding hydrogens is 179 g/mol. The molecule has 0 amide bonds. The summed E-state index contributed by atoms with van der Waals surface area (Å²) in [4.78, 5) is 0. The predicted molar refractivity (Wildman–Crippen MR) is 62.8 cm³/mol. The standard InChI is InChI=1S/C11H23OP/c1-6-11(7-2,8-3)13-10(5)12-9-4/h6-9H2,1-5H3. The van der Waals surface area contributed by atoms with Crippen LogP contribution in [0.5, 0.6) is 0 Å². The molecule has 0 radical (unpaired) electrons. The SMILES string of the molecule is CCOC(C)=PC(CC)(CC)CC. The normalized spacial score (nSPS) is 13.5. The third-order valence-corrected chi connectivity index (χ3v) is 4.59. The first-order valence-electron chi connectivity index (χ1n) is 5.33. The summed E-state index contributed by atoms with van der Waals surface area (Å²) in [7, 11) is 1.39. The first-order chi connectivity index (χ1) is 6.14. The van der Waals surface area contributed by atoms with Gasteiger partial charge in [-0.15, -0.1) is 0 Å². The Labute approximate surface area is 84.7 Å². The van der Waals surface area contributed by atoms with E-state index < -0.39 is 0 Å². The molecular formula is C11H23OP. The molecule has 0 spiro atoms. The van der Waals surface area contributed by atoms with Crippen LogP contribution in [0.15, 0.2) is 0 Å². The quantitative estimate of drug-likeness (QED) is 0.589. The highest BCUT2D eigenvalue weighted by atomic mass is 31.1. The summed E-state index contributed by atoms with van der Waals surface area (Å²) in [5.41, 5.74) is 1.17. The minimum atomic E-state index is 0.458. The van der Waals surface area contributed by atoms with Gasteiger partial charge in [0.15, 0.2) is 0 Å². The molecule has 0 fully saturated rings. The van der Waals surface area contributed by atoms with Crippen LogP contribution in [0.1, 0.15) is 53.9 Å². The lowest BCUT2D eigenvalue weighted by Gasteiger charge is -2.26. The number of ether oxygens (including phenoxy) is 1. The van der Waals surface area contributed by atoms with Crippen molar-refractivity contribution in [2.45, 2.75) is 59.0 Å².